The van der Waals surface area contributed by atoms with E-state index in [9.17, 15) is 4.79 Å². The van der Waals surface area contributed by atoms with Crippen molar-refractivity contribution < 1.29 is 14.3 Å². The fourth-order valence-electron chi connectivity index (χ4n) is 2.45. The first-order valence-corrected chi connectivity index (χ1v) is 8.27. The molecule has 2 aromatic rings. The standard InChI is InChI=1S/C18H21N5O3.HI/c1-19-18(22-11-17(24)23-14-3-2-7-20-10-14)21-8-6-13-4-5-15-16(9-13)26-12-25-15;/h2-5,7,9-10H,6,8,11-12H2,1H3,(H,23,24)(H2,19,21,22);1H. The van der Waals surface area contributed by atoms with E-state index < -0.39 is 0 Å². The summed E-state index contributed by atoms with van der Waals surface area (Å²) in [5.41, 5.74) is 1.79. The number of carbonyl (C=O) groups is 1. The summed E-state index contributed by atoms with van der Waals surface area (Å²) in [6, 6.07) is 9.44. The van der Waals surface area contributed by atoms with E-state index in [1.165, 1.54) is 0 Å². The molecule has 1 aliphatic rings. The number of nitrogens with zero attached hydrogens (tertiary/aromatic N) is 2. The number of aromatic nitrogens is 1. The van der Waals surface area contributed by atoms with Crippen LogP contribution >= 0.6 is 24.0 Å². The molecule has 0 unspecified atom stereocenters. The molecule has 27 heavy (non-hydrogen) atoms. The molecule has 1 aliphatic heterocycles. The highest BCUT2D eigenvalue weighted by Gasteiger charge is 2.13. The number of aliphatic imine (C=N–C) groups is 1. The third kappa shape index (κ3) is 6.27. The number of guanidine groups is 1. The first-order chi connectivity index (χ1) is 12.7. The van der Waals surface area contributed by atoms with Crippen LogP contribution in [-0.4, -0.2) is 43.8 Å². The van der Waals surface area contributed by atoms with E-state index in [0.29, 0.717) is 18.2 Å². The van der Waals surface area contributed by atoms with Crippen LogP contribution in [0.5, 0.6) is 11.5 Å². The normalized spacial score (nSPS) is 12.1. The molecule has 144 valence electrons. The number of anilines is 1. The lowest BCUT2D eigenvalue weighted by Gasteiger charge is -2.12. The Morgan fingerprint density at radius 1 is 1.22 bits per heavy atom. The Morgan fingerprint density at radius 3 is 2.85 bits per heavy atom. The van der Waals surface area contributed by atoms with Gasteiger partial charge in [0, 0.05) is 19.8 Å². The Hall–Kier alpha value is -2.56. The molecular formula is C18H22IN5O3. The van der Waals surface area contributed by atoms with Crippen LogP contribution in [0, 0.1) is 0 Å². The van der Waals surface area contributed by atoms with Crippen molar-refractivity contribution in [2.75, 3.05) is 32.2 Å². The van der Waals surface area contributed by atoms with Gasteiger partial charge in [-0.15, -0.1) is 24.0 Å². The van der Waals surface area contributed by atoms with Gasteiger partial charge in [0.2, 0.25) is 12.7 Å². The number of nitrogens with one attached hydrogen (secondary N) is 3. The van der Waals surface area contributed by atoms with Gasteiger partial charge in [0.15, 0.2) is 17.5 Å². The molecule has 0 radical (unpaired) electrons. The molecule has 8 nitrogen and oxygen atoms in total. The number of hydrogen-bond acceptors (Lipinski definition) is 5. The summed E-state index contributed by atoms with van der Waals surface area (Å²) in [4.78, 5) is 20.0. The third-order valence-corrected chi connectivity index (χ3v) is 3.73. The highest BCUT2D eigenvalue weighted by molar-refractivity contribution is 14.0. The van der Waals surface area contributed by atoms with Crippen molar-refractivity contribution in [2.24, 2.45) is 4.99 Å². The van der Waals surface area contributed by atoms with Crippen molar-refractivity contribution >= 4 is 41.5 Å². The van der Waals surface area contributed by atoms with Crippen molar-refractivity contribution in [1.82, 2.24) is 15.6 Å². The van der Waals surface area contributed by atoms with Gasteiger partial charge < -0.3 is 25.4 Å². The Kier molecular flexibility index (Phi) is 8.11. The fraction of sp³-hybridized carbons (Fsp3) is 0.278. The molecule has 0 bridgehead atoms. The van der Waals surface area contributed by atoms with E-state index >= 15 is 0 Å². The van der Waals surface area contributed by atoms with E-state index in [0.717, 1.165) is 23.5 Å². The second kappa shape index (κ2) is 10.6. The van der Waals surface area contributed by atoms with Crippen molar-refractivity contribution in [3.05, 3.63) is 48.3 Å². The maximum atomic E-state index is 11.9. The van der Waals surface area contributed by atoms with Crippen LogP contribution in [-0.2, 0) is 11.2 Å². The van der Waals surface area contributed by atoms with Crippen LogP contribution in [0.25, 0.3) is 0 Å². The van der Waals surface area contributed by atoms with Crippen molar-refractivity contribution in [3.63, 3.8) is 0 Å². The number of pyridine rings is 1. The van der Waals surface area contributed by atoms with Gasteiger partial charge in [-0.1, -0.05) is 6.07 Å². The lowest BCUT2D eigenvalue weighted by Crippen LogP contribution is -2.42. The Bertz CT molecular complexity index is 786. The van der Waals surface area contributed by atoms with E-state index in [1.54, 1.807) is 31.6 Å². The highest BCUT2D eigenvalue weighted by Crippen LogP contribution is 2.32. The molecule has 0 saturated carbocycles. The molecule has 2 heterocycles. The summed E-state index contributed by atoms with van der Waals surface area (Å²) in [5.74, 6) is 1.94. The van der Waals surface area contributed by atoms with E-state index in [-0.39, 0.29) is 43.2 Å². The minimum atomic E-state index is -0.170. The first-order valence-electron chi connectivity index (χ1n) is 8.27. The topological polar surface area (TPSA) is 96.9 Å². The van der Waals surface area contributed by atoms with Gasteiger partial charge in [-0.2, -0.15) is 0 Å². The molecule has 0 fully saturated rings. The average Bonchev–Trinajstić information content (AvgIpc) is 3.13. The summed E-state index contributed by atoms with van der Waals surface area (Å²) in [5, 5.41) is 8.91. The molecule has 0 saturated heterocycles. The van der Waals surface area contributed by atoms with Gasteiger partial charge in [-0.25, -0.2) is 0 Å². The number of amides is 1. The molecule has 9 heteroatoms. The summed E-state index contributed by atoms with van der Waals surface area (Å²) in [7, 11) is 1.66. The number of hydrogen-bond donors (Lipinski definition) is 3. The first kappa shape index (κ1) is 20.7. The predicted octanol–water partition coefficient (Wildman–Crippen LogP) is 1.77. The second-order valence-corrected chi connectivity index (χ2v) is 5.58. The van der Waals surface area contributed by atoms with Crippen LogP contribution < -0.4 is 25.4 Å². The van der Waals surface area contributed by atoms with Crippen LogP contribution in [0.4, 0.5) is 5.69 Å². The molecular weight excluding hydrogens is 461 g/mol. The smallest absolute Gasteiger partial charge is 0.243 e. The van der Waals surface area contributed by atoms with Gasteiger partial charge in [0.25, 0.3) is 0 Å². The van der Waals surface area contributed by atoms with E-state index in [4.69, 9.17) is 9.47 Å². The minimum absolute atomic E-state index is 0. The highest BCUT2D eigenvalue weighted by atomic mass is 127. The molecule has 3 N–H and O–H groups in total. The Balaban J connectivity index is 0.00000261. The summed E-state index contributed by atoms with van der Waals surface area (Å²) in [6.45, 7) is 1.05. The van der Waals surface area contributed by atoms with Crippen LogP contribution in [0.1, 0.15) is 5.56 Å². The van der Waals surface area contributed by atoms with Crippen molar-refractivity contribution in [2.45, 2.75) is 6.42 Å². The summed E-state index contributed by atoms with van der Waals surface area (Å²) in [6.07, 6.45) is 4.04. The lowest BCUT2D eigenvalue weighted by molar-refractivity contribution is -0.115. The van der Waals surface area contributed by atoms with Crippen LogP contribution in [0.3, 0.4) is 0 Å². The second-order valence-electron chi connectivity index (χ2n) is 5.58. The quantitative estimate of drug-likeness (QED) is 0.330. The minimum Gasteiger partial charge on any atom is -0.454 e. The average molecular weight is 483 g/mol. The number of carbonyl (C=O) groups excluding carboxylic acids is 1. The molecule has 1 aromatic carbocycles. The van der Waals surface area contributed by atoms with E-state index in [1.807, 2.05) is 18.2 Å². The number of halogens is 1. The molecule has 0 atom stereocenters. The van der Waals surface area contributed by atoms with E-state index in [2.05, 4.69) is 25.9 Å². The van der Waals surface area contributed by atoms with Gasteiger partial charge in [-0.05, 0) is 36.2 Å². The molecule has 3 rings (SSSR count). The van der Waals surface area contributed by atoms with Crippen molar-refractivity contribution in [3.8, 4) is 11.5 Å². The van der Waals surface area contributed by atoms with Crippen LogP contribution in [0.15, 0.2) is 47.7 Å². The molecule has 1 amide bonds. The molecule has 0 spiro atoms. The largest absolute Gasteiger partial charge is 0.454 e. The molecule has 0 aliphatic carbocycles. The lowest BCUT2D eigenvalue weighted by atomic mass is 10.1. The van der Waals surface area contributed by atoms with Gasteiger partial charge >= 0.3 is 0 Å². The summed E-state index contributed by atoms with van der Waals surface area (Å²) < 4.78 is 10.7. The summed E-state index contributed by atoms with van der Waals surface area (Å²) >= 11 is 0. The number of rotatable bonds is 6. The number of benzene rings is 1. The maximum absolute atomic E-state index is 11.9. The van der Waals surface area contributed by atoms with Crippen LogP contribution in [0.2, 0.25) is 0 Å². The predicted molar refractivity (Wildman–Crippen MR) is 114 cm³/mol. The zero-order valence-electron chi connectivity index (χ0n) is 14.9. The van der Waals surface area contributed by atoms with Crippen molar-refractivity contribution in [1.29, 1.82) is 0 Å². The number of ether oxygens (including phenoxy) is 2. The van der Waals surface area contributed by atoms with Gasteiger partial charge in [0.05, 0.1) is 18.4 Å². The maximum Gasteiger partial charge on any atom is 0.243 e. The zero-order chi connectivity index (χ0) is 18.2. The fourth-order valence-corrected chi connectivity index (χ4v) is 2.45. The SMILES string of the molecule is CN=C(NCCc1ccc2c(c1)OCO2)NCC(=O)Nc1cccnc1.I. The third-order valence-electron chi connectivity index (χ3n) is 3.73. The van der Waals surface area contributed by atoms with Gasteiger partial charge in [0.1, 0.15) is 0 Å². The van der Waals surface area contributed by atoms with Gasteiger partial charge in [-0.3, -0.25) is 14.8 Å². The Morgan fingerprint density at radius 2 is 2.07 bits per heavy atom. The monoisotopic (exact) mass is 483 g/mol. The zero-order valence-corrected chi connectivity index (χ0v) is 17.2. The molecule has 1 aromatic heterocycles. The number of fused-ring (bicyclic) bond motifs is 1. The Labute approximate surface area is 174 Å².